The molecular weight excluding hydrogens is 318 g/mol. The summed E-state index contributed by atoms with van der Waals surface area (Å²) in [6.45, 7) is 8.98. The number of aromatic amines is 1. The van der Waals surface area contributed by atoms with Gasteiger partial charge in [0, 0.05) is 17.0 Å². The van der Waals surface area contributed by atoms with Crippen molar-refractivity contribution < 1.29 is 0 Å². The van der Waals surface area contributed by atoms with Crippen LogP contribution in [0, 0.1) is 0 Å². The molecule has 0 amide bonds. The molecule has 2 aromatic carbocycles. The van der Waals surface area contributed by atoms with Crippen molar-refractivity contribution >= 4 is 21.8 Å². The molecule has 0 aliphatic heterocycles. The molecule has 3 nitrogen and oxygen atoms in total. The van der Waals surface area contributed by atoms with Gasteiger partial charge >= 0.3 is 0 Å². The lowest BCUT2D eigenvalue weighted by Gasteiger charge is -2.19. The van der Waals surface area contributed by atoms with Crippen molar-refractivity contribution in [2.75, 3.05) is 0 Å². The Morgan fingerprint density at radius 2 is 1.81 bits per heavy atom. The summed E-state index contributed by atoms with van der Waals surface area (Å²) in [5.74, 6) is 0.450. The van der Waals surface area contributed by atoms with E-state index in [2.05, 4.69) is 85.3 Å². The molecule has 2 aromatic heterocycles. The van der Waals surface area contributed by atoms with Crippen molar-refractivity contribution in [2.45, 2.75) is 45.4 Å². The minimum Gasteiger partial charge on any atom is -0.278 e. The van der Waals surface area contributed by atoms with Crippen LogP contribution in [0.25, 0.3) is 21.8 Å². The lowest BCUT2D eigenvalue weighted by atomic mass is 9.87. The van der Waals surface area contributed by atoms with Gasteiger partial charge in [-0.15, -0.1) is 0 Å². The Kier molecular flexibility index (Phi) is 4.03. The first-order chi connectivity index (χ1) is 12.4. The highest BCUT2D eigenvalue weighted by atomic mass is 15.1. The number of rotatable bonds is 3. The van der Waals surface area contributed by atoms with Crippen molar-refractivity contribution in [3.8, 4) is 0 Å². The average Bonchev–Trinajstić information content (AvgIpc) is 3.08. The predicted octanol–water partition coefficient (Wildman–Crippen LogP) is 5.75. The second-order valence-electron chi connectivity index (χ2n) is 8.32. The lowest BCUT2D eigenvalue weighted by molar-refractivity contribution is 0.588. The van der Waals surface area contributed by atoms with Crippen molar-refractivity contribution in [1.82, 2.24) is 15.2 Å². The third-order valence-corrected chi connectivity index (χ3v) is 5.19. The number of H-pyrrole nitrogens is 1. The van der Waals surface area contributed by atoms with Crippen LogP contribution in [0.4, 0.5) is 0 Å². The zero-order chi connectivity index (χ0) is 18.3. The molecule has 2 heterocycles. The van der Waals surface area contributed by atoms with Crippen LogP contribution in [0.15, 0.2) is 54.9 Å². The number of nitrogens with zero attached hydrogens (tertiary/aromatic N) is 2. The smallest absolute Gasteiger partial charge is 0.0702 e. The highest BCUT2D eigenvalue weighted by Gasteiger charge is 2.15. The van der Waals surface area contributed by atoms with Gasteiger partial charge in [0.2, 0.25) is 0 Å². The summed E-state index contributed by atoms with van der Waals surface area (Å²) >= 11 is 0. The van der Waals surface area contributed by atoms with E-state index >= 15 is 0 Å². The van der Waals surface area contributed by atoms with E-state index < -0.39 is 0 Å². The highest BCUT2D eigenvalue weighted by molar-refractivity contribution is 5.80. The summed E-state index contributed by atoms with van der Waals surface area (Å²) < 4.78 is 0. The molecule has 0 bridgehead atoms. The van der Waals surface area contributed by atoms with Crippen LogP contribution in [0.3, 0.4) is 0 Å². The summed E-state index contributed by atoms with van der Waals surface area (Å²) in [4.78, 5) is 4.64. The minimum absolute atomic E-state index is 0.116. The fourth-order valence-electron chi connectivity index (χ4n) is 3.46. The normalized spacial score (nSPS) is 13.4. The van der Waals surface area contributed by atoms with Crippen LogP contribution >= 0.6 is 0 Å². The van der Waals surface area contributed by atoms with Gasteiger partial charge in [0.15, 0.2) is 0 Å². The van der Waals surface area contributed by atoms with Crippen molar-refractivity contribution in [3.05, 3.63) is 71.5 Å². The maximum absolute atomic E-state index is 4.64. The number of benzene rings is 2. The molecule has 1 N–H and O–H groups in total. The molecule has 3 heteroatoms. The van der Waals surface area contributed by atoms with Gasteiger partial charge < -0.3 is 0 Å². The molecular formula is C23H25N3. The molecule has 0 fully saturated rings. The van der Waals surface area contributed by atoms with Crippen molar-refractivity contribution in [1.29, 1.82) is 0 Å². The number of hydrogen-bond donors (Lipinski definition) is 1. The summed E-state index contributed by atoms with van der Waals surface area (Å²) in [6.07, 6.45) is 4.91. The first-order valence-electron chi connectivity index (χ1n) is 9.22. The first-order valence-corrected chi connectivity index (χ1v) is 9.22. The van der Waals surface area contributed by atoms with E-state index in [4.69, 9.17) is 0 Å². The molecule has 0 spiro atoms. The molecule has 132 valence electrons. The Morgan fingerprint density at radius 3 is 2.62 bits per heavy atom. The molecule has 0 aliphatic carbocycles. The average molecular weight is 343 g/mol. The second kappa shape index (κ2) is 6.24. The predicted molar refractivity (Wildman–Crippen MR) is 109 cm³/mol. The lowest BCUT2D eigenvalue weighted by Crippen LogP contribution is -2.11. The van der Waals surface area contributed by atoms with Crippen molar-refractivity contribution in [2.24, 2.45) is 0 Å². The van der Waals surface area contributed by atoms with Crippen LogP contribution in [0.5, 0.6) is 0 Å². The minimum atomic E-state index is 0.116. The van der Waals surface area contributed by atoms with Gasteiger partial charge in [0.25, 0.3) is 0 Å². The van der Waals surface area contributed by atoms with E-state index in [1.807, 2.05) is 12.4 Å². The summed E-state index contributed by atoms with van der Waals surface area (Å²) in [6, 6.07) is 15.5. The van der Waals surface area contributed by atoms with E-state index in [1.165, 1.54) is 27.5 Å². The quantitative estimate of drug-likeness (QED) is 0.514. The maximum Gasteiger partial charge on any atom is 0.0702 e. The summed E-state index contributed by atoms with van der Waals surface area (Å²) in [7, 11) is 0. The molecule has 26 heavy (non-hydrogen) atoms. The number of hydrogen-bond acceptors (Lipinski definition) is 2. The van der Waals surface area contributed by atoms with Gasteiger partial charge in [0.05, 0.1) is 17.2 Å². The monoisotopic (exact) mass is 343 g/mol. The van der Waals surface area contributed by atoms with Crippen LogP contribution < -0.4 is 0 Å². The van der Waals surface area contributed by atoms with E-state index in [0.717, 1.165) is 17.5 Å². The SMILES string of the molecule is CC(Cc1ccc2ncc(C(C)(C)C)cc2c1)c1ccc2[nH]ncc2c1. The Bertz CT molecular complexity index is 1070. The number of aromatic nitrogens is 3. The zero-order valence-electron chi connectivity index (χ0n) is 15.9. The third kappa shape index (κ3) is 3.22. The van der Waals surface area contributed by atoms with Crippen LogP contribution in [0.1, 0.15) is 50.3 Å². The fraction of sp³-hybridized carbons (Fsp3) is 0.304. The van der Waals surface area contributed by atoms with Crippen LogP contribution in [0.2, 0.25) is 0 Å². The van der Waals surface area contributed by atoms with E-state index in [1.54, 1.807) is 0 Å². The Hall–Kier alpha value is -2.68. The van der Waals surface area contributed by atoms with Gasteiger partial charge in [0.1, 0.15) is 0 Å². The largest absolute Gasteiger partial charge is 0.278 e. The van der Waals surface area contributed by atoms with Crippen molar-refractivity contribution in [3.63, 3.8) is 0 Å². The highest BCUT2D eigenvalue weighted by Crippen LogP contribution is 2.27. The zero-order valence-corrected chi connectivity index (χ0v) is 15.9. The standard InChI is InChI=1S/C23H25N3/c1-15(17-6-8-22-19(11-17)13-25-26-22)9-16-5-7-21-18(10-16)12-20(14-24-21)23(2,3)4/h5-8,10-15H,9H2,1-4H3,(H,25,26). The second-order valence-corrected chi connectivity index (χ2v) is 8.32. The molecule has 0 radical (unpaired) electrons. The number of pyridine rings is 1. The van der Waals surface area contributed by atoms with E-state index in [0.29, 0.717) is 5.92 Å². The molecule has 4 rings (SSSR count). The molecule has 0 saturated heterocycles. The summed E-state index contributed by atoms with van der Waals surface area (Å²) in [5, 5.41) is 9.53. The van der Waals surface area contributed by atoms with Gasteiger partial charge in [-0.3, -0.25) is 10.1 Å². The first kappa shape index (κ1) is 16.8. The molecule has 0 saturated carbocycles. The molecule has 4 aromatic rings. The molecule has 0 aliphatic rings. The maximum atomic E-state index is 4.64. The van der Waals surface area contributed by atoms with Crippen LogP contribution in [-0.4, -0.2) is 15.2 Å². The molecule has 1 unspecified atom stereocenters. The van der Waals surface area contributed by atoms with Crippen LogP contribution in [-0.2, 0) is 11.8 Å². The number of fused-ring (bicyclic) bond motifs is 2. The Balaban J connectivity index is 1.63. The Labute approximate surface area is 154 Å². The molecule has 1 atom stereocenters. The third-order valence-electron chi connectivity index (χ3n) is 5.19. The van der Waals surface area contributed by atoms with E-state index in [-0.39, 0.29) is 5.41 Å². The fourth-order valence-corrected chi connectivity index (χ4v) is 3.46. The van der Waals surface area contributed by atoms with Gasteiger partial charge in [-0.2, -0.15) is 5.10 Å². The topological polar surface area (TPSA) is 41.6 Å². The van der Waals surface area contributed by atoms with Gasteiger partial charge in [-0.25, -0.2) is 0 Å². The van der Waals surface area contributed by atoms with E-state index in [9.17, 15) is 0 Å². The Morgan fingerprint density at radius 1 is 0.962 bits per heavy atom. The number of nitrogens with one attached hydrogen (secondary N) is 1. The summed E-state index contributed by atoms with van der Waals surface area (Å²) in [5.41, 5.74) is 6.25. The van der Waals surface area contributed by atoms with Gasteiger partial charge in [-0.05, 0) is 64.8 Å². The van der Waals surface area contributed by atoms with Gasteiger partial charge in [-0.1, -0.05) is 39.8 Å².